The lowest BCUT2D eigenvalue weighted by atomic mass is 10.0. The summed E-state index contributed by atoms with van der Waals surface area (Å²) in [5.74, 6) is -0.622. The number of nitrogens with one attached hydrogen (secondary N) is 1. The highest BCUT2D eigenvalue weighted by atomic mass is 32.2. The molecule has 6 nitrogen and oxygen atoms in total. The summed E-state index contributed by atoms with van der Waals surface area (Å²) in [6.45, 7) is 4.13. The van der Waals surface area contributed by atoms with E-state index in [0.29, 0.717) is 19.6 Å². The highest BCUT2D eigenvalue weighted by Gasteiger charge is 2.30. The Bertz CT molecular complexity index is 929. The third-order valence-electron chi connectivity index (χ3n) is 5.13. The van der Waals surface area contributed by atoms with E-state index < -0.39 is 15.8 Å². The maximum atomic E-state index is 13.9. The number of hydrogen-bond acceptors (Lipinski definition) is 4. The van der Waals surface area contributed by atoms with Crippen molar-refractivity contribution in [3.05, 3.63) is 66.0 Å². The monoisotopic (exact) mass is 419 g/mol. The van der Waals surface area contributed by atoms with Crippen molar-refractivity contribution in [2.45, 2.75) is 17.7 Å². The number of nitrogens with zero attached hydrogens (tertiary/aromatic N) is 2. The van der Waals surface area contributed by atoms with Gasteiger partial charge in [-0.3, -0.25) is 9.69 Å². The lowest BCUT2D eigenvalue weighted by Crippen LogP contribution is -2.51. The van der Waals surface area contributed by atoms with Crippen LogP contribution in [0.15, 0.2) is 59.5 Å². The van der Waals surface area contributed by atoms with E-state index in [1.165, 1.54) is 28.1 Å². The second-order valence-electron chi connectivity index (χ2n) is 7.23. The number of rotatable bonds is 7. The molecule has 3 rings (SSSR count). The number of piperazine rings is 1. The normalized spacial score (nSPS) is 17.0. The van der Waals surface area contributed by atoms with Gasteiger partial charge in [-0.1, -0.05) is 49.4 Å². The highest BCUT2D eigenvalue weighted by molar-refractivity contribution is 7.89. The summed E-state index contributed by atoms with van der Waals surface area (Å²) in [4.78, 5) is 13.9. The van der Waals surface area contributed by atoms with Crippen molar-refractivity contribution in [3.63, 3.8) is 0 Å². The molecule has 2 aromatic carbocycles. The molecule has 1 amide bonds. The number of amides is 1. The Morgan fingerprint density at radius 1 is 1.03 bits per heavy atom. The summed E-state index contributed by atoms with van der Waals surface area (Å²) >= 11 is 0. The van der Waals surface area contributed by atoms with Gasteiger partial charge in [0.15, 0.2) is 0 Å². The van der Waals surface area contributed by atoms with E-state index in [0.717, 1.165) is 6.07 Å². The van der Waals surface area contributed by atoms with E-state index in [9.17, 15) is 17.6 Å². The topological polar surface area (TPSA) is 69.7 Å². The van der Waals surface area contributed by atoms with Gasteiger partial charge < -0.3 is 5.32 Å². The molecule has 1 fully saturated rings. The Balaban J connectivity index is 1.47. The summed E-state index contributed by atoms with van der Waals surface area (Å²) in [5, 5.41) is 2.94. The minimum Gasteiger partial charge on any atom is -0.354 e. The molecular weight excluding hydrogens is 393 g/mol. The van der Waals surface area contributed by atoms with Crippen LogP contribution in [0.25, 0.3) is 0 Å². The first-order chi connectivity index (χ1) is 13.9. The van der Waals surface area contributed by atoms with Gasteiger partial charge in [-0.2, -0.15) is 4.31 Å². The third-order valence-corrected chi connectivity index (χ3v) is 7.06. The summed E-state index contributed by atoms with van der Waals surface area (Å²) in [6.07, 6.45) is 0. The zero-order valence-corrected chi connectivity index (χ0v) is 17.2. The molecule has 29 heavy (non-hydrogen) atoms. The van der Waals surface area contributed by atoms with Crippen LogP contribution >= 0.6 is 0 Å². The molecule has 0 bridgehead atoms. The number of halogens is 1. The van der Waals surface area contributed by atoms with E-state index in [4.69, 9.17) is 0 Å². The standard InChI is InChI=1S/C21H26FN3O3S/c1-17(18-7-3-2-4-8-18)15-23-21(26)16-24-11-13-25(14-12-24)29(27,28)20-10-6-5-9-19(20)22/h2-10,17H,11-16H2,1H3,(H,23,26)/t17-/m0/s1. The van der Waals surface area contributed by atoms with Crippen molar-refractivity contribution in [2.24, 2.45) is 0 Å². The largest absolute Gasteiger partial charge is 0.354 e. The van der Waals surface area contributed by atoms with E-state index in [1.54, 1.807) is 0 Å². The average molecular weight is 420 g/mol. The maximum Gasteiger partial charge on any atom is 0.246 e. The maximum absolute atomic E-state index is 13.9. The van der Waals surface area contributed by atoms with Crippen LogP contribution in [0.1, 0.15) is 18.4 Å². The van der Waals surface area contributed by atoms with Crippen molar-refractivity contribution in [2.75, 3.05) is 39.3 Å². The fourth-order valence-corrected chi connectivity index (χ4v) is 4.83. The molecule has 0 radical (unpaired) electrons. The van der Waals surface area contributed by atoms with Gasteiger partial charge in [0, 0.05) is 32.7 Å². The Kier molecular flexibility index (Phi) is 7.00. The fraction of sp³-hybridized carbons (Fsp3) is 0.381. The van der Waals surface area contributed by atoms with Gasteiger partial charge >= 0.3 is 0 Å². The molecule has 0 aliphatic carbocycles. The average Bonchev–Trinajstić information content (AvgIpc) is 2.73. The van der Waals surface area contributed by atoms with Crippen LogP contribution in [0.5, 0.6) is 0 Å². The van der Waals surface area contributed by atoms with Gasteiger partial charge in [0.25, 0.3) is 0 Å². The Labute approximate surface area is 171 Å². The van der Waals surface area contributed by atoms with Crippen LogP contribution in [0.4, 0.5) is 4.39 Å². The van der Waals surface area contributed by atoms with Gasteiger partial charge in [0.05, 0.1) is 6.54 Å². The number of carbonyl (C=O) groups is 1. The Hall–Kier alpha value is -2.29. The van der Waals surface area contributed by atoms with Crippen LogP contribution in [-0.2, 0) is 14.8 Å². The Morgan fingerprint density at radius 3 is 2.31 bits per heavy atom. The SMILES string of the molecule is C[C@@H](CNC(=O)CN1CCN(S(=O)(=O)c2ccccc2F)CC1)c1ccccc1. The van der Waals surface area contributed by atoms with Gasteiger partial charge in [0.2, 0.25) is 15.9 Å². The lowest BCUT2D eigenvalue weighted by molar-refractivity contribution is -0.122. The van der Waals surface area contributed by atoms with E-state index in [2.05, 4.69) is 12.2 Å². The van der Waals surface area contributed by atoms with Crippen LogP contribution in [-0.4, -0.2) is 62.8 Å². The molecule has 0 spiro atoms. The molecule has 1 aliphatic heterocycles. The molecule has 156 valence electrons. The summed E-state index contributed by atoms with van der Waals surface area (Å²) < 4.78 is 40.4. The minimum atomic E-state index is -3.87. The number of benzene rings is 2. The minimum absolute atomic E-state index is 0.0850. The van der Waals surface area contributed by atoms with Crippen LogP contribution in [0.3, 0.4) is 0 Å². The van der Waals surface area contributed by atoms with Crippen LogP contribution < -0.4 is 5.32 Å². The highest BCUT2D eigenvalue weighted by Crippen LogP contribution is 2.20. The molecule has 8 heteroatoms. The summed E-state index contributed by atoms with van der Waals surface area (Å²) in [6, 6.07) is 15.4. The molecular formula is C21H26FN3O3S. The molecule has 0 saturated carbocycles. The number of carbonyl (C=O) groups excluding carboxylic acids is 1. The van der Waals surface area contributed by atoms with Gasteiger partial charge in [-0.25, -0.2) is 12.8 Å². The molecule has 1 aliphatic rings. The predicted octanol–water partition coefficient (Wildman–Crippen LogP) is 2.05. The van der Waals surface area contributed by atoms with Crippen molar-refractivity contribution < 1.29 is 17.6 Å². The summed E-state index contributed by atoms with van der Waals surface area (Å²) in [5.41, 5.74) is 1.17. The number of hydrogen-bond donors (Lipinski definition) is 1. The molecule has 0 unspecified atom stereocenters. The van der Waals surface area contributed by atoms with Crippen LogP contribution in [0.2, 0.25) is 0 Å². The van der Waals surface area contributed by atoms with Crippen molar-refractivity contribution in [1.82, 2.24) is 14.5 Å². The molecule has 0 aromatic heterocycles. The van der Waals surface area contributed by atoms with Crippen molar-refractivity contribution in [3.8, 4) is 0 Å². The van der Waals surface area contributed by atoms with E-state index in [1.807, 2.05) is 35.2 Å². The zero-order chi connectivity index (χ0) is 20.9. The van der Waals surface area contributed by atoms with Crippen molar-refractivity contribution >= 4 is 15.9 Å². The fourth-order valence-electron chi connectivity index (χ4n) is 3.35. The molecule has 2 aromatic rings. The first kappa shape index (κ1) is 21.4. The second kappa shape index (κ2) is 9.47. The number of sulfonamides is 1. The van der Waals surface area contributed by atoms with E-state index >= 15 is 0 Å². The molecule has 1 N–H and O–H groups in total. The first-order valence-electron chi connectivity index (χ1n) is 9.66. The lowest BCUT2D eigenvalue weighted by Gasteiger charge is -2.33. The van der Waals surface area contributed by atoms with Crippen LogP contribution in [0, 0.1) is 5.82 Å². The van der Waals surface area contributed by atoms with Gasteiger partial charge in [-0.15, -0.1) is 0 Å². The predicted molar refractivity (Wildman–Crippen MR) is 109 cm³/mol. The molecule has 1 saturated heterocycles. The van der Waals surface area contributed by atoms with Crippen molar-refractivity contribution in [1.29, 1.82) is 0 Å². The Morgan fingerprint density at radius 2 is 1.66 bits per heavy atom. The zero-order valence-electron chi connectivity index (χ0n) is 16.4. The third kappa shape index (κ3) is 5.41. The van der Waals surface area contributed by atoms with E-state index in [-0.39, 0.29) is 36.4 Å². The first-order valence-corrected chi connectivity index (χ1v) is 11.1. The second-order valence-corrected chi connectivity index (χ2v) is 9.13. The smallest absolute Gasteiger partial charge is 0.246 e. The molecule has 1 heterocycles. The summed E-state index contributed by atoms with van der Waals surface area (Å²) in [7, 11) is -3.87. The van der Waals surface area contributed by atoms with Gasteiger partial charge in [-0.05, 0) is 23.6 Å². The van der Waals surface area contributed by atoms with Gasteiger partial charge in [0.1, 0.15) is 10.7 Å². The molecule has 1 atom stereocenters. The quantitative estimate of drug-likeness (QED) is 0.746.